The van der Waals surface area contributed by atoms with Gasteiger partial charge in [0.25, 0.3) is 5.91 Å². The molecule has 2 bridgehead atoms. The van der Waals surface area contributed by atoms with Crippen LogP contribution in [0.15, 0.2) is 54.6 Å². The Bertz CT molecular complexity index is 1300. The standard InChI is InChI=1S/C32H41N5O7/c1-21-29(40)36-26(30(41)33-16-6-18-38)19-23-10-13-24(14-11-23)44-20-28(39)35-25(15-12-22-7-3-2-4-8-22)32(43)37-17-5-9-27(37)31(42)34-21/h2-4,7-8,10-11,13-14,21,25-27,38H,5-6,9,12,15-20H2,1H3,(H,33,41)(H,34,42)(H,35,39)(H,36,40)/t21-,25-,26-,27-/m0/s1. The number of benzene rings is 2. The van der Waals surface area contributed by atoms with E-state index in [2.05, 4.69) is 21.3 Å². The Morgan fingerprint density at radius 2 is 1.75 bits per heavy atom. The molecule has 5 N–H and O–H groups in total. The first kappa shape index (κ1) is 32.5. The molecule has 0 unspecified atom stereocenters. The van der Waals surface area contributed by atoms with Crippen LogP contribution in [0.5, 0.6) is 5.75 Å². The lowest BCUT2D eigenvalue weighted by atomic mass is 10.0. The third kappa shape index (κ3) is 9.03. The van der Waals surface area contributed by atoms with Gasteiger partial charge in [0.1, 0.15) is 29.9 Å². The topological polar surface area (TPSA) is 166 Å². The molecule has 0 aromatic heterocycles. The van der Waals surface area contributed by atoms with Crippen molar-refractivity contribution in [3.8, 4) is 5.75 Å². The van der Waals surface area contributed by atoms with E-state index < -0.39 is 47.8 Å². The van der Waals surface area contributed by atoms with Gasteiger partial charge >= 0.3 is 0 Å². The third-order valence-corrected chi connectivity index (χ3v) is 7.79. The van der Waals surface area contributed by atoms with Gasteiger partial charge < -0.3 is 36.0 Å². The molecule has 0 aliphatic carbocycles. The van der Waals surface area contributed by atoms with Gasteiger partial charge in [-0.1, -0.05) is 42.5 Å². The van der Waals surface area contributed by atoms with Crippen molar-refractivity contribution in [3.63, 3.8) is 0 Å². The smallest absolute Gasteiger partial charge is 0.258 e. The first-order valence-electron chi connectivity index (χ1n) is 15.1. The summed E-state index contributed by atoms with van der Waals surface area (Å²) in [6.45, 7) is 1.69. The summed E-state index contributed by atoms with van der Waals surface area (Å²) in [6, 6.07) is 12.8. The van der Waals surface area contributed by atoms with E-state index in [1.807, 2.05) is 30.3 Å². The Balaban J connectivity index is 1.56. The normalized spacial score (nSPS) is 23.3. The van der Waals surface area contributed by atoms with Crippen LogP contribution in [0.1, 0.15) is 43.7 Å². The average molecular weight is 608 g/mol. The van der Waals surface area contributed by atoms with E-state index in [4.69, 9.17) is 9.84 Å². The zero-order chi connectivity index (χ0) is 31.5. The number of nitrogens with zero attached hydrogens (tertiary/aromatic N) is 1. The zero-order valence-electron chi connectivity index (χ0n) is 24.9. The van der Waals surface area contributed by atoms with E-state index in [9.17, 15) is 24.0 Å². The number of ether oxygens (including phenoxy) is 1. The SMILES string of the molecule is C[C@@H]1NC(=O)[C@@H]2CCCN2C(=O)[C@H](CCc2ccccc2)NC(=O)COc2ccc(cc2)C[C@@H](C(=O)NCCCO)NC1=O. The first-order valence-corrected chi connectivity index (χ1v) is 15.1. The van der Waals surface area contributed by atoms with Crippen LogP contribution in [0.4, 0.5) is 0 Å². The van der Waals surface area contributed by atoms with Crippen molar-refractivity contribution in [1.29, 1.82) is 0 Å². The zero-order valence-corrected chi connectivity index (χ0v) is 24.9. The van der Waals surface area contributed by atoms with E-state index in [0.29, 0.717) is 44.4 Å². The number of hydrogen-bond donors (Lipinski definition) is 5. The fourth-order valence-corrected chi connectivity index (χ4v) is 5.35. The number of amides is 5. The molecule has 0 spiro atoms. The van der Waals surface area contributed by atoms with Crippen LogP contribution in [-0.2, 0) is 36.8 Å². The van der Waals surface area contributed by atoms with Crippen molar-refractivity contribution >= 4 is 29.5 Å². The third-order valence-electron chi connectivity index (χ3n) is 7.79. The lowest BCUT2D eigenvalue weighted by Crippen LogP contribution is -2.57. The molecule has 5 rings (SSSR count). The fraction of sp³-hybridized carbons (Fsp3) is 0.469. The molecule has 3 aliphatic rings. The van der Waals surface area contributed by atoms with Crippen LogP contribution in [0, 0.1) is 0 Å². The molecule has 1 fully saturated rings. The number of carbonyl (C=O) groups excluding carboxylic acids is 5. The Labute approximate surface area is 256 Å². The summed E-state index contributed by atoms with van der Waals surface area (Å²) >= 11 is 0. The Hall–Kier alpha value is -4.45. The van der Waals surface area contributed by atoms with Gasteiger partial charge in [-0.05, 0) is 62.3 Å². The second kappa shape index (κ2) is 15.9. The molecule has 0 radical (unpaired) electrons. The fourth-order valence-electron chi connectivity index (χ4n) is 5.35. The van der Waals surface area contributed by atoms with E-state index >= 15 is 0 Å². The predicted octanol–water partition coefficient (Wildman–Crippen LogP) is 0.218. The van der Waals surface area contributed by atoms with E-state index in [-0.39, 0.29) is 32.1 Å². The van der Waals surface area contributed by atoms with Gasteiger partial charge in [-0.3, -0.25) is 24.0 Å². The minimum Gasteiger partial charge on any atom is -0.484 e. The van der Waals surface area contributed by atoms with Crippen LogP contribution in [0.25, 0.3) is 0 Å². The van der Waals surface area contributed by atoms with Crippen molar-refractivity contribution in [2.75, 3.05) is 26.3 Å². The number of aryl methyl sites for hydroxylation is 1. The number of aliphatic hydroxyl groups is 1. The van der Waals surface area contributed by atoms with Crippen molar-refractivity contribution < 1.29 is 33.8 Å². The number of hydrogen-bond acceptors (Lipinski definition) is 7. The van der Waals surface area contributed by atoms with Crippen molar-refractivity contribution in [1.82, 2.24) is 26.2 Å². The molecule has 12 heteroatoms. The van der Waals surface area contributed by atoms with Gasteiger partial charge in [0.2, 0.25) is 23.6 Å². The van der Waals surface area contributed by atoms with Gasteiger partial charge in [0.15, 0.2) is 6.61 Å². The van der Waals surface area contributed by atoms with Crippen LogP contribution < -0.4 is 26.0 Å². The maximum atomic E-state index is 13.8. The van der Waals surface area contributed by atoms with Crippen molar-refractivity contribution in [2.45, 2.75) is 69.6 Å². The quantitative estimate of drug-likeness (QED) is 0.281. The van der Waals surface area contributed by atoms with E-state index in [1.165, 1.54) is 11.8 Å². The van der Waals surface area contributed by atoms with Crippen molar-refractivity contribution in [2.24, 2.45) is 0 Å². The van der Waals surface area contributed by atoms with E-state index in [0.717, 1.165) is 11.1 Å². The summed E-state index contributed by atoms with van der Waals surface area (Å²) in [4.78, 5) is 67.7. The summed E-state index contributed by atoms with van der Waals surface area (Å²) in [6.07, 6.45) is 2.40. The lowest BCUT2D eigenvalue weighted by Gasteiger charge is -2.29. The predicted molar refractivity (Wildman–Crippen MR) is 161 cm³/mol. The minimum atomic E-state index is -0.987. The molecule has 3 aliphatic heterocycles. The van der Waals surface area contributed by atoms with Gasteiger partial charge in [0, 0.05) is 26.1 Å². The average Bonchev–Trinajstić information content (AvgIpc) is 3.52. The van der Waals surface area contributed by atoms with Crippen molar-refractivity contribution in [3.05, 3.63) is 65.7 Å². The van der Waals surface area contributed by atoms with Crippen LogP contribution in [0.3, 0.4) is 0 Å². The summed E-state index contributed by atoms with van der Waals surface area (Å²) in [5.41, 5.74) is 1.74. The maximum Gasteiger partial charge on any atom is 0.258 e. The number of fused-ring (bicyclic) bond motifs is 13. The summed E-state index contributed by atoms with van der Waals surface area (Å²) in [5.74, 6) is -1.88. The molecule has 2 aromatic carbocycles. The minimum absolute atomic E-state index is 0.0890. The largest absolute Gasteiger partial charge is 0.484 e. The highest BCUT2D eigenvalue weighted by Gasteiger charge is 2.38. The maximum absolute atomic E-state index is 13.8. The molecule has 5 amide bonds. The first-order chi connectivity index (χ1) is 21.2. The molecule has 3 heterocycles. The molecule has 236 valence electrons. The summed E-state index contributed by atoms with van der Waals surface area (Å²) in [5, 5.41) is 20.0. The number of carbonyl (C=O) groups is 5. The monoisotopic (exact) mass is 607 g/mol. The Morgan fingerprint density at radius 1 is 1.00 bits per heavy atom. The highest BCUT2D eigenvalue weighted by Crippen LogP contribution is 2.21. The van der Waals surface area contributed by atoms with Crippen LogP contribution in [-0.4, -0.2) is 90.0 Å². The van der Waals surface area contributed by atoms with Gasteiger partial charge in [0.05, 0.1) is 0 Å². The molecule has 0 saturated carbocycles. The number of aliphatic hydroxyl groups excluding tert-OH is 1. The van der Waals surface area contributed by atoms with Gasteiger partial charge in [-0.2, -0.15) is 0 Å². The lowest BCUT2D eigenvalue weighted by molar-refractivity contribution is -0.142. The summed E-state index contributed by atoms with van der Waals surface area (Å²) in [7, 11) is 0. The van der Waals surface area contributed by atoms with Crippen LogP contribution >= 0.6 is 0 Å². The van der Waals surface area contributed by atoms with E-state index in [1.54, 1.807) is 24.3 Å². The molecule has 12 nitrogen and oxygen atoms in total. The molecule has 4 atom stereocenters. The Kier molecular flexibility index (Phi) is 11.7. The number of rotatable bonds is 7. The summed E-state index contributed by atoms with van der Waals surface area (Å²) < 4.78 is 5.68. The molecular weight excluding hydrogens is 566 g/mol. The molecule has 44 heavy (non-hydrogen) atoms. The number of nitrogens with one attached hydrogen (secondary N) is 4. The van der Waals surface area contributed by atoms with Gasteiger partial charge in [-0.15, -0.1) is 0 Å². The highest BCUT2D eigenvalue weighted by atomic mass is 16.5. The highest BCUT2D eigenvalue weighted by molar-refractivity contribution is 5.95. The van der Waals surface area contributed by atoms with Gasteiger partial charge in [-0.25, -0.2) is 0 Å². The molecular formula is C32H41N5O7. The second-order valence-corrected chi connectivity index (χ2v) is 11.1. The molecule has 1 saturated heterocycles. The van der Waals surface area contributed by atoms with Crippen LogP contribution in [0.2, 0.25) is 0 Å². The second-order valence-electron chi connectivity index (χ2n) is 11.1. The molecule has 2 aromatic rings. The Morgan fingerprint density at radius 3 is 2.48 bits per heavy atom.